The highest BCUT2D eigenvalue weighted by molar-refractivity contribution is 7.98. The lowest BCUT2D eigenvalue weighted by Crippen LogP contribution is -2.30. The average Bonchev–Trinajstić information content (AvgIpc) is 2.75. The van der Waals surface area contributed by atoms with Crippen LogP contribution in [0.3, 0.4) is 0 Å². The summed E-state index contributed by atoms with van der Waals surface area (Å²) in [5.41, 5.74) is 7.79. The standard InChI is InChI=1S/C14H21N3OS/c1-9-7-10(2)17(8-9)11-5-4-6-12(19-3)13(11)14(15)16-18/h4-6,9-10,18H,7-8H2,1-3H3,(H2,15,16). The Bertz CT molecular complexity index is 490. The van der Waals surface area contributed by atoms with E-state index >= 15 is 0 Å². The maximum absolute atomic E-state index is 9.03. The first-order valence-corrected chi connectivity index (χ1v) is 7.72. The third kappa shape index (κ3) is 2.66. The van der Waals surface area contributed by atoms with Gasteiger partial charge in [0.15, 0.2) is 5.84 Å². The van der Waals surface area contributed by atoms with E-state index in [0.29, 0.717) is 12.0 Å². The van der Waals surface area contributed by atoms with Crippen molar-refractivity contribution in [2.45, 2.75) is 31.2 Å². The number of amidine groups is 1. The molecule has 3 N–H and O–H groups in total. The molecule has 0 saturated carbocycles. The monoisotopic (exact) mass is 279 g/mol. The van der Waals surface area contributed by atoms with Crippen molar-refractivity contribution >= 4 is 23.3 Å². The first kappa shape index (κ1) is 14.1. The van der Waals surface area contributed by atoms with E-state index in [9.17, 15) is 0 Å². The van der Waals surface area contributed by atoms with Crippen LogP contribution in [-0.2, 0) is 0 Å². The highest BCUT2D eigenvalue weighted by Crippen LogP contribution is 2.35. The Hall–Kier alpha value is -1.36. The van der Waals surface area contributed by atoms with Crippen LogP contribution in [0.2, 0.25) is 0 Å². The Balaban J connectivity index is 2.51. The Morgan fingerprint density at radius 2 is 2.21 bits per heavy atom. The third-order valence-electron chi connectivity index (χ3n) is 3.68. The van der Waals surface area contributed by atoms with Gasteiger partial charge in [-0.25, -0.2) is 0 Å². The molecule has 2 unspecified atom stereocenters. The van der Waals surface area contributed by atoms with E-state index in [-0.39, 0.29) is 5.84 Å². The van der Waals surface area contributed by atoms with Crippen LogP contribution in [0, 0.1) is 5.92 Å². The molecule has 0 aliphatic carbocycles. The van der Waals surface area contributed by atoms with Crippen LogP contribution in [0.15, 0.2) is 28.3 Å². The number of anilines is 1. The molecule has 0 radical (unpaired) electrons. The molecule has 1 aromatic carbocycles. The molecular formula is C14H21N3OS. The second-order valence-corrected chi connectivity index (χ2v) is 6.03. The second-order valence-electron chi connectivity index (χ2n) is 5.18. The smallest absolute Gasteiger partial charge is 0.173 e. The Morgan fingerprint density at radius 3 is 2.74 bits per heavy atom. The van der Waals surface area contributed by atoms with E-state index in [0.717, 1.165) is 22.7 Å². The molecule has 1 aliphatic heterocycles. The molecule has 104 valence electrons. The SMILES string of the molecule is CSc1cccc(N2CC(C)CC2C)c1/C(N)=N/O. The average molecular weight is 279 g/mol. The quantitative estimate of drug-likeness (QED) is 0.294. The summed E-state index contributed by atoms with van der Waals surface area (Å²) >= 11 is 1.62. The first-order valence-electron chi connectivity index (χ1n) is 6.50. The molecule has 19 heavy (non-hydrogen) atoms. The summed E-state index contributed by atoms with van der Waals surface area (Å²) in [7, 11) is 0. The van der Waals surface area contributed by atoms with Crippen molar-refractivity contribution in [2.75, 3.05) is 17.7 Å². The zero-order valence-electron chi connectivity index (χ0n) is 11.6. The summed E-state index contributed by atoms with van der Waals surface area (Å²) in [6.45, 7) is 5.51. The number of oxime groups is 1. The molecule has 2 rings (SSSR count). The van der Waals surface area contributed by atoms with Gasteiger partial charge in [-0.1, -0.05) is 18.1 Å². The highest BCUT2D eigenvalue weighted by Gasteiger charge is 2.29. The molecule has 0 amide bonds. The fraction of sp³-hybridized carbons (Fsp3) is 0.500. The van der Waals surface area contributed by atoms with Gasteiger partial charge in [0.25, 0.3) is 0 Å². The molecular weight excluding hydrogens is 258 g/mol. The molecule has 1 fully saturated rings. The lowest BCUT2D eigenvalue weighted by Gasteiger charge is -2.27. The van der Waals surface area contributed by atoms with Gasteiger partial charge in [0.1, 0.15) is 0 Å². The van der Waals surface area contributed by atoms with Gasteiger partial charge in [-0.05, 0) is 37.7 Å². The predicted octanol–water partition coefficient (Wildman–Crippen LogP) is 2.74. The van der Waals surface area contributed by atoms with E-state index in [2.05, 4.69) is 30.0 Å². The summed E-state index contributed by atoms with van der Waals surface area (Å²) in [4.78, 5) is 3.40. The number of hydrogen-bond acceptors (Lipinski definition) is 4. The van der Waals surface area contributed by atoms with Gasteiger partial charge in [0.05, 0.1) is 5.56 Å². The van der Waals surface area contributed by atoms with Crippen molar-refractivity contribution < 1.29 is 5.21 Å². The van der Waals surface area contributed by atoms with Crippen LogP contribution < -0.4 is 10.6 Å². The molecule has 2 atom stereocenters. The first-order chi connectivity index (χ1) is 9.08. The minimum Gasteiger partial charge on any atom is -0.409 e. The van der Waals surface area contributed by atoms with Crippen LogP contribution in [0.4, 0.5) is 5.69 Å². The van der Waals surface area contributed by atoms with E-state index in [1.807, 2.05) is 18.4 Å². The topological polar surface area (TPSA) is 61.8 Å². The number of thioether (sulfide) groups is 1. The zero-order chi connectivity index (χ0) is 14.0. The van der Waals surface area contributed by atoms with E-state index in [1.165, 1.54) is 6.42 Å². The summed E-state index contributed by atoms with van der Waals surface area (Å²) in [6.07, 6.45) is 3.18. The number of benzene rings is 1. The fourth-order valence-electron chi connectivity index (χ4n) is 2.87. The van der Waals surface area contributed by atoms with Crippen LogP contribution in [0.5, 0.6) is 0 Å². The lowest BCUT2D eigenvalue weighted by molar-refractivity contribution is 0.318. The molecule has 1 saturated heterocycles. The predicted molar refractivity (Wildman–Crippen MR) is 81.3 cm³/mol. The van der Waals surface area contributed by atoms with Gasteiger partial charge in [-0.2, -0.15) is 0 Å². The third-order valence-corrected chi connectivity index (χ3v) is 4.46. The minimum atomic E-state index is 0.187. The normalized spacial score (nSPS) is 23.9. The van der Waals surface area contributed by atoms with Gasteiger partial charge in [-0.15, -0.1) is 11.8 Å². The van der Waals surface area contributed by atoms with E-state index < -0.39 is 0 Å². The Morgan fingerprint density at radius 1 is 1.47 bits per heavy atom. The van der Waals surface area contributed by atoms with Crippen molar-refractivity contribution in [3.8, 4) is 0 Å². The maximum atomic E-state index is 9.03. The Kier molecular flexibility index (Phi) is 4.24. The van der Waals surface area contributed by atoms with Crippen LogP contribution in [0.25, 0.3) is 0 Å². The fourth-order valence-corrected chi connectivity index (χ4v) is 3.50. The minimum absolute atomic E-state index is 0.187. The van der Waals surface area contributed by atoms with Gasteiger partial charge in [0, 0.05) is 23.2 Å². The molecule has 1 heterocycles. The van der Waals surface area contributed by atoms with Crippen molar-refractivity contribution in [3.05, 3.63) is 23.8 Å². The van der Waals surface area contributed by atoms with Crippen LogP contribution >= 0.6 is 11.8 Å². The van der Waals surface area contributed by atoms with Gasteiger partial charge >= 0.3 is 0 Å². The largest absolute Gasteiger partial charge is 0.409 e. The summed E-state index contributed by atoms with van der Waals surface area (Å²) < 4.78 is 0. The van der Waals surface area contributed by atoms with Crippen LogP contribution in [0.1, 0.15) is 25.8 Å². The van der Waals surface area contributed by atoms with Gasteiger partial charge in [0.2, 0.25) is 0 Å². The maximum Gasteiger partial charge on any atom is 0.173 e. The molecule has 0 spiro atoms. The second kappa shape index (κ2) is 5.74. The molecule has 0 bridgehead atoms. The lowest BCUT2D eigenvalue weighted by atomic mass is 10.1. The highest BCUT2D eigenvalue weighted by atomic mass is 32.2. The summed E-state index contributed by atoms with van der Waals surface area (Å²) in [5, 5.41) is 12.2. The van der Waals surface area contributed by atoms with E-state index in [4.69, 9.17) is 10.9 Å². The zero-order valence-corrected chi connectivity index (χ0v) is 12.4. The molecule has 5 heteroatoms. The van der Waals surface area contributed by atoms with Crippen molar-refractivity contribution in [2.24, 2.45) is 16.8 Å². The van der Waals surface area contributed by atoms with Crippen molar-refractivity contribution in [3.63, 3.8) is 0 Å². The van der Waals surface area contributed by atoms with Crippen molar-refractivity contribution in [1.29, 1.82) is 0 Å². The van der Waals surface area contributed by atoms with Gasteiger partial charge < -0.3 is 15.8 Å². The number of nitrogens with zero attached hydrogens (tertiary/aromatic N) is 2. The number of nitrogens with two attached hydrogens (primary N) is 1. The molecule has 1 aliphatic rings. The van der Waals surface area contributed by atoms with Crippen molar-refractivity contribution in [1.82, 2.24) is 0 Å². The van der Waals surface area contributed by atoms with Crippen LogP contribution in [-0.4, -0.2) is 29.9 Å². The number of rotatable bonds is 3. The Labute approximate surface area is 118 Å². The van der Waals surface area contributed by atoms with E-state index in [1.54, 1.807) is 11.8 Å². The molecule has 0 aromatic heterocycles. The summed E-state index contributed by atoms with van der Waals surface area (Å²) in [6, 6.07) is 6.58. The van der Waals surface area contributed by atoms with Gasteiger partial charge in [-0.3, -0.25) is 0 Å². The molecule has 4 nitrogen and oxygen atoms in total. The summed E-state index contributed by atoms with van der Waals surface area (Å²) in [5.74, 6) is 0.861. The molecule has 1 aromatic rings. The number of hydrogen-bond donors (Lipinski definition) is 2.